The number of benzene rings is 1. The van der Waals surface area contributed by atoms with Crippen LogP contribution in [0.4, 0.5) is 0 Å². The molecule has 0 aliphatic carbocycles. The normalized spacial score (nSPS) is 27.3. The van der Waals surface area contributed by atoms with Crippen molar-refractivity contribution >= 4 is 9.84 Å². The molecule has 4 heteroatoms. The molecule has 2 atom stereocenters. The maximum atomic E-state index is 11.6. The highest BCUT2D eigenvalue weighted by atomic mass is 32.2. The Hall–Kier alpha value is -0.870. The molecular formula is C15H23NO2S. The molecule has 0 radical (unpaired) electrons. The number of aryl methyl sites for hydroxylation is 1. The fourth-order valence-electron chi connectivity index (χ4n) is 2.77. The van der Waals surface area contributed by atoms with Crippen LogP contribution >= 0.6 is 0 Å². The van der Waals surface area contributed by atoms with Gasteiger partial charge in [0.25, 0.3) is 0 Å². The Kier molecular flexibility index (Phi) is 4.02. The topological polar surface area (TPSA) is 46.2 Å². The minimum absolute atomic E-state index is 0.171. The second-order valence-electron chi connectivity index (χ2n) is 5.86. The minimum Gasteiger partial charge on any atom is -0.304 e. The lowest BCUT2D eigenvalue weighted by atomic mass is 9.98. The van der Waals surface area contributed by atoms with Gasteiger partial charge in [-0.15, -0.1) is 0 Å². The van der Waals surface area contributed by atoms with Crippen LogP contribution in [0.2, 0.25) is 0 Å². The van der Waals surface area contributed by atoms with Crippen molar-refractivity contribution in [2.24, 2.45) is 0 Å². The third-order valence-corrected chi connectivity index (χ3v) is 5.86. The van der Waals surface area contributed by atoms with Crippen molar-refractivity contribution in [1.82, 2.24) is 5.32 Å². The molecule has 1 aliphatic rings. The number of sulfone groups is 1. The Bertz CT molecular complexity index is 536. The van der Waals surface area contributed by atoms with Gasteiger partial charge in [-0.2, -0.15) is 0 Å². The first kappa shape index (κ1) is 14.5. The van der Waals surface area contributed by atoms with Gasteiger partial charge in [0.1, 0.15) is 0 Å². The average Bonchev–Trinajstić information content (AvgIpc) is 2.63. The summed E-state index contributed by atoms with van der Waals surface area (Å²) in [7, 11) is -2.85. The lowest BCUT2D eigenvalue weighted by Crippen LogP contribution is -2.44. The van der Waals surface area contributed by atoms with E-state index in [0.717, 1.165) is 6.42 Å². The first-order valence-corrected chi connectivity index (χ1v) is 8.73. The monoisotopic (exact) mass is 281 g/mol. The number of nitrogens with one attached hydrogen (secondary N) is 1. The van der Waals surface area contributed by atoms with Gasteiger partial charge in [-0.3, -0.25) is 0 Å². The molecule has 2 rings (SSSR count). The highest BCUT2D eigenvalue weighted by molar-refractivity contribution is 7.91. The predicted molar refractivity (Wildman–Crippen MR) is 79.0 cm³/mol. The molecule has 1 saturated heterocycles. The van der Waals surface area contributed by atoms with E-state index in [0.29, 0.717) is 12.2 Å². The molecule has 1 fully saturated rings. The number of hydrogen-bond acceptors (Lipinski definition) is 3. The van der Waals surface area contributed by atoms with E-state index in [-0.39, 0.29) is 17.3 Å². The van der Waals surface area contributed by atoms with Gasteiger partial charge in [0.15, 0.2) is 9.84 Å². The summed E-state index contributed by atoms with van der Waals surface area (Å²) in [6.07, 6.45) is 1.74. The highest BCUT2D eigenvalue weighted by Gasteiger charge is 2.38. The van der Waals surface area contributed by atoms with E-state index in [1.54, 1.807) is 0 Å². The Morgan fingerprint density at radius 3 is 2.42 bits per heavy atom. The van der Waals surface area contributed by atoms with Gasteiger partial charge >= 0.3 is 0 Å². The summed E-state index contributed by atoms with van der Waals surface area (Å²) in [6.45, 7) is 6.24. The minimum atomic E-state index is -2.85. The Labute approximate surface area is 116 Å². The molecule has 0 amide bonds. The van der Waals surface area contributed by atoms with Crippen molar-refractivity contribution < 1.29 is 8.42 Å². The van der Waals surface area contributed by atoms with Crippen LogP contribution in [0.15, 0.2) is 24.3 Å². The van der Waals surface area contributed by atoms with Crippen molar-refractivity contribution in [3.05, 3.63) is 35.4 Å². The molecule has 106 valence electrons. The van der Waals surface area contributed by atoms with Crippen LogP contribution in [0, 0.1) is 0 Å². The van der Waals surface area contributed by atoms with Crippen molar-refractivity contribution in [1.29, 1.82) is 0 Å². The molecule has 1 heterocycles. The molecule has 19 heavy (non-hydrogen) atoms. The van der Waals surface area contributed by atoms with Crippen LogP contribution in [0.1, 0.15) is 44.4 Å². The van der Waals surface area contributed by atoms with Gasteiger partial charge in [-0.25, -0.2) is 8.42 Å². The molecule has 1 aliphatic heterocycles. The molecule has 0 aromatic heterocycles. The molecule has 0 spiro atoms. The summed E-state index contributed by atoms with van der Waals surface area (Å²) < 4.78 is 23.2. The van der Waals surface area contributed by atoms with Crippen LogP contribution in [-0.2, 0) is 16.3 Å². The van der Waals surface area contributed by atoms with Crippen LogP contribution < -0.4 is 5.32 Å². The zero-order valence-electron chi connectivity index (χ0n) is 11.9. The summed E-state index contributed by atoms with van der Waals surface area (Å²) in [5, 5.41) is 3.49. The SMILES string of the molecule is CCc1ccc(C(C)NC2(C)CCS(=O)(=O)C2)cc1. The average molecular weight is 281 g/mol. The summed E-state index contributed by atoms with van der Waals surface area (Å²) in [5.41, 5.74) is 2.25. The Morgan fingerprint density at radius 1 is 1.32 bits per heavy atom. The zero-order valence-corrected chi connectivity index (χ0v) is 12.8. The van der Waals surface area contributed by atoms with E-state index in [2.05, 4.69) is 43.4 Å². The molecule has 1 aromatic rings. The fourth-order valence-corrected chi connectivity index (χ4v) is 4.88. The van der Waals surface area contributed by atoms with Crippen molar-refractivity contribution in [3.8, 4) is 0 Å². The number of rotatable bonds is 4. The molecule has 3 nitrogen and oxygen atoms in total. The summed E-state index contributed by atoms with van der Waals surface area (Å²) in [6, 6.07) is 8.71. The molecule has 1 aromatic carbocycles. The van der Waals surface area contributed by atoms with E-state index in [4.69, 9.17) is 0 Å². The maximum absolute atomic E-state index is 11.6. The zero-order chi connectivity index (χ0) is 14.1. The Morgan fingerprint density at radius 2 is 1.95 bits per heavy atom. The summed E-state index contributed by atoms with van der Waals surface area (Å²) in [5.74, 6) is 0.551. The molecule has 2 unspecified atom stereocenters. The number of hydrogen-bond donors (Lipinski definition) is 1. The largest absolute Gasteiger partial charge is 0.304 e. The van der Waals surface area contributed by atoms with Gasteiger partial charge in [-0.05, 0) is 37.8 Å². The first-order valence-electron chi connectivity index (χ1n) is 6.90. The third-order valence-electron chi connectivity index (χ3n) is 3.96. The highest BCUT2D eigenvalue weighted by Crippen LogP contribution is 2.26. The predicted octanol–water partition coefficient (Wildman–Crippen LogP) is 2.48. The van der Waals surface area contributed by atoms with Crippen molar-refractivity contribution in [2.75, 3.05) is 11.5 Å². The third kappa shape index (κ3) is 3.57. The van der Waals surface area contributed by atoms with E-state index in [1.807, 2.05) is 6.92 Å². The fraction of sp³-hybridized carbons (Fsp3) is 0.600. The second-order valence-corrected chi connectivity index (χ2v) is 8.05. The smallest absolute Gasteiger partial charge is 0.152 e. The second kappa shape index (κ2) is 5.25. The van der Waals surface area contributed by atoms with Crippen molar-refractivity contribution in [3.63, 3.8) is 0 Å². The Balaban J connectivity index is 2.06. The van der Waals surface area contributed by atoms with Crippen molar-refractivity contribution in [2.45, 2.75) is 45.2 Å². The van der Waals surface area contributed by atoms with Gasteiger partial charge in [-0.1, -0.05) is 31.2 Å². The van der Waals surface area contributed by atoms with Crippen LogP contribution in [-0.4, -0.2) is 25.5 Å². The van der Waals surface area contributed by atoms with Gasteiger partial charge in [0, 0.05) is 11.6 Å². The first-order chi connectivity index (χ1) is 8.84. The van der Waals surface area contributed by atoms with Gasteiger partial charge in [0.2, 0.25) is 0 Å². The summed E-state index contributed by atoms with van der Waals surface area (Å²) >= 11 is 0. The van der Waals surface area contributed by atoms with Gasteiger partial charge < -0.3 is 5.32 Å². The molecule has 0 saturated carbocycles. The maximum Gasteiger partial charge on any atom is 0.152 e. The standard InChI is InChI=1S/C15H23NO2S/c1-4-13-5-7-14(8-6-13)12(2)16-15(3)9-10-19(17,18)11-15/h5-8,12,16H,4,9-11H2,1-3H3. The van der Waals surface area contributed by atoms with E-state index >= 15 is 0 Å². The van der Waals surface area contributed by atoms with Crippen LogP contribution in [0.25, 0.3) is 0 Å². The van der Waals surface area contributed by atoms with Crippen LogP contribution in [0.3, 0.4) is 0 Å². The van der Waals surface area contributed by atoms with Gasteiger partial charge in [0.05, 0.1) is 11.5 Å². The lowest BCUT2D eigenvalue weighted by Gasteiger charge is -2.29. The van der Waals surface area contributed by atoms with E-state index < -0.39 is 9.84 Å². The quantitative estimate of drug-likeness (QED) is 0.922. The molecule has 1 N–H and O–H groups in total. The lowest BCUT2D eigenvalue weighted by molar-refractivity contribution is 0.355. The van der Waals surface area contributed by atoms with E-state index in [9.17, 15) is 8.42 Å². The summed E-state index contributed by atoms with van der Waals surface area (Å²) in [4.78, 5) is 0. The van der Waals surface area contributed by atoms with E-state index in [1.165, 1.54) is 11.1 Å². The molecule has 0 bridgehead atoms. The van der Waals surface area contributed by atoms with Crippen LogP contribution in [0.5, 0.6) is 0 Å². The molecular weight excluding hydrogens is 258 g/mol.